The molecule has 1 amide bonds. The second-order valence-corrected chi connectivity index (χ2v) is 7.83. The summed E-state index contributed by atoms with van der Waals surface area (Å²) in [6.45, 7) is 10.9. The molecule has 2 rings (SSSR count). The number of carbonyl (C=O) groups is 1. The molecule has 5 nitrogen and oxygen atoms in total. The summed E-state index contributed by atoms with van der Waals surface area (Å²) >= 11 is 0. The molecule has 0 radical (unpaired) electrons. The average Bonchev–Trinajstić information content (AvgIpc) is 2.46. The first kappa shape index (κ1) is 17.5. The fraction of sp³-hybridized carbons (Fsp3) is 0.941. The number of rotatable bonds is 3. The van der Waals surface area contributed by atoms with Crippen molar-refractivity contribution in [1.82, 2.24) is 15.1 Å². The number of carbonyl (C=O) groups excluding carboxylic acids is 1. The molecule has 0 bridgehead atoms. The summed E-state index contributed by atoms with van der Waals surface area (Å²) in [7, 11) is 2.25. The van der Waals surface area contributed by atoms with Crippen LogP contribution in [0.4, 0.5) is 4.79 Å². The second kappa shape index (κ2) is 7.64. The zero-order chi connectivity index (χ0) is 16.2. The summed E-state index contributed by atoms with van der Waals surface area (Å²) in [5.74, 6) is 0.829. The Hall–Kier alpha value is -0.810. The van der Waals surface area contributed by atoms with E-state index in [1.807, 2.05) is 25.7 Å². The zero-order valence-corrected chi connectivity index (χ0v) is 14.7. The van der Waals surface area contributed by atoms with Gasteiger partial charge in [-0.1, -0.05) is 0 Å². The fourth-order valence-corrected chi connectivity index (χ4v) is 3.44. The summed E-state index contributed by atoms with van der Waals surface area (Å²) < 4.78 is 5.46. The summed E-state index contributed by atoms with van der Waals surface area (Å²) in [4.78, 5) is 16.5. The fourth-order valence-electron chi connectivity index (χ4n) is 3.44. The van der Waals surface area contributed by atoms with E-state index in [-0.39, 0.29) is 6.09 Å². The lowest BCUT2D eigenvalue weighted by Crippen LogP contribution is -2.48. The van der Waals surface area contributed by atoms with Gasteiger partial charge in [-0.05, 0) is 72.5 Å². The molecule has 0 unspecified atom stereocenters. The standard InChI is InChI=1S/C17H33N3O2/c1-17(2,3)22-16(21)20-11-7-15(8-12-20)19(4)13-14-5-9-18-10-6-14/h14-15,18H,5-13H2,1-4H3. The molecule has 1 N–H and O–H groups in total. The Labute approximate surface area is 135 Å². The van der Waals surface area contributed by atoms with Crippen LogP contribution in [0.3, 0.4) is 0 Å². The molecule has 0 atom stereocenters. The molecule has 0 aliphatic carbocycles. The van der Waals surface area contributed by atoms with E-state index in [1.165, 1.54) is 19.4 Å². The molecule has 0 spiro atoms. The van der Waals surface area contributed by atoms with E-state index in [4.69, 9.17) is 4.74 Å². The highest BCUT2D eigenvalue weighted by atomic mass is 16.6. The third-order valence-corrected chi connectivity index (χ3v) is 4.74. The minimum atomic E-state index is -0.403. The van der Waals surface area contributed by atoms with Gasteiger partial charge in [-0.3, -0.25) is 0 Å². The van der Waals surface area contributed by atoms with E-state index in [0.29, 0.717) is 6.04 Å². The maximum Gasteiger partial charge on any atom is 0.410 e. The topological polar surface area (TPSA) is 44.8 Å². The van der Waals surface area contributed by atoms with Crippen LogP contribution in [-0.4, -0.2) is 67.3 Å². The number of amides is 1. The number of nitrogens with one attached hydrogen (secondary N) is 1. The van der Waals surface area contributed by atoms with Gasteiger partial charge in [0.15, 0.2) is 0 Å². The maximum absolute atomic E-state index is 12.1. The van der Waals surface area contributed by atoms with E-state index in [9.17, 15) is 4.79 Å². The first-order valence-electron chi connectivity index (χ1n) is 8.74. The Morgan fingerprint density at radius 1 is 1.18 bits per heavy atom. The second-order valence-electron chi connectivity index (χ2n) is 7.83. The van der Waals surface area contributed by atoms with Crippen LogP contribution in [0, 0.1) is 5.92 Å². The molecule has 2 aliphatic rings. The van der Waals surface area contributed by atoms with Crippen LogP contribution in [0.2, 0.25) is 0 Å². The Morgan fingerprint density at radius 3 is 2.32 bits per heavy atom. The molecule has 128 valence electrons. The van der Waals surface area contributed by atoms with Crippen molar-refractivity contribution >= 4 is 6.09 Å². The first-order valence-corrected chi connectivity index (χ1v) is 8.74. The minimum Gasteiger partial charge on any atom is -0.444 e. The highest BCUT2D eigenvalue weighted by Crippen LogP contribution is 2.21. The van der Waals surface area contributed by atoms with Crippen molar-refractivity contribution in [2.24, 2.45) is 5.92 Å². The van der Waals surface area contributed by atoms with E-state index < -0.39 is 5.60 Å². The molecular weight excluding hydrogens is 278 g/mol. The Kier molecular flexibility index (Phi) is 6.09. The van der Waals surface area contributed by atoms with Gasteiger partial charge in [-0.25, -0.2) is 4.79 Å². The molecule has 2 saturated heterocycles. The lowest BCUT2D eigenvalue weighted by molar-refractivity contribution is 0.0147. The van der Waals surface area contributed by atoms with Crippen LogP contribution < -0.4 is 5.32 Å². The van der Waals surface area contributed by atoms with Gasteiger partial charge in [0.2, 0.25) is 0 Å². The highest BCUT2D eigenvalue weighted by molar-refractivity contribution is 5.68. The molecule has 2 heterocycles. The number of hydrogen-bond acceptors (Lipinski definition) is 4. The van der Waals surface area contributed by atoms with Crippen LogP contribution in [0.15, 0.2) is 0 Å². The van der Waals surface area contributed by atoms with Crippen molar-refractivity contribution in [1.29, 1.82) is 0 Å². The van der Waals surface area contributed by atoms with Crippen LogP contribution in [0.1, 0.15) is 46.5 Å². The van der Waals surface area contributed by atoms with Gasteiger partial charge in [0, 0.05) is 25.7 Å². The predicted molar refractivity (Wildman–Crippen MR) is 89.1 cm³/mol. The van der Waals surface area contributed by atoms with E-state index in [0.717, 1.165) is 44.9 Å². The zero-order valence-electron chi connectivity index (χ0n) is 14.7. The summed E-state index contributed by atoms with van der Waals surface area (Å²) in [6, 6.07) is 0.605. The van der Waals surface area contributed by atoms with Crippen LogP contribution in [0.5, 0.6) is 0 Å². The van der Waals surface area contributed by atoms with Crippen LogP contribution in [-0.2, 0) is 4.74 Å². The van der Waals surface area contributed by atoms with Crippen LogP contribution in [0.25, 0.3) is 0 Å². The molecule has 0 aromatic carbocycles. The smallest absolute Gasteiger partial charge is 0.410 e. The molecule has 0 aromatic heterocycles. The molecular formula is C17H33N3O2. The number of ether oxygens (including phenoxy) is 1. The largest absolute Gasteiger partial charge is 0.444 e. The summed E-state index contributed by atoms with van der Waals surface area (Å²) in [6.07, 6.45) is 4.54. The normalized spacial score (nSPS) is 22.1. The van der Waals surface area contributed by atoms with E-state index >= 15 is 0 Å². The quantitative estimate of drug-likeness (QED) is 0.869. The first-order chi connectivity index (χ1) is 10.3. The van der Waals surface area contributed by atoms with Crippen molar-refractivity contribution in [3.63, 3.8) is 0 Å². The van der Waals surface area contributed by atoms with Gasteiger partial charge >= 0.3 is 6.09 Å². The molecule has 2 aliphatic heterocycles. The summed E-state index contributed by atoms with van der Waals surface area (Å²) in [5.41, 5.74) is -0.403. The lowest BCUT2D eigenvalue weighted by Gasteiger charge is -2.39. The molecule has 22 heavy (non-hydrogen) atoms. The number of hydrogen-bond donors (Lipinski definition) is 1. The van der Waals surface area contributed by atoms with Crippen molar-refractivity contribution in [2.45, 2.75) is 58.1 Å². The molecule has 5 heteroatoms. The van der Waals surface area contributed by atoms with Gasteiger partial charge in [-0.2, -0.15) is 0 Å². The highest BCUT2D eigenvalue weighted by Gasteiger charge is 2.29. The Balaban J connectivity index is 1.72. The number of nitrogens with zero attached hydrogens (tertiary/aromatic N) is 2. The van der Waals surface area contributed by atoms with Gasteiger partial charge in [0.25, 0.3) is 0 Å². The SMILES string of the molecule is CN(CC1CCNCC1)C1CCN(C(=O)OC(C)(C)C)CC1. The predicted octanol–water partition coefficient (Wildman–Crippen LogP) is 2.32. The molecule has 0 saturated carbocycles. The third kappa shape index (κ3) is 5.43. The third-order valence-electron chi connectivity index (χ3n) is 4.74. The monoisotopic (exact) mass is 311 g/mol. The lowest BCUT2D eigenvalue weighted by atomic mass is 9.95. The van der Waals surface area contributed by atoms with Gasteiger partial charge < -0.3 is 19.9 Å². The van der Waals surface area contributed by atoms with Crippen molar-refractivity contribution in [2.75, 3.05) is 39.8 Å². The van der Waals surface area contributed by atoms with E-state index in [1.54, 1.807) is 0 Å². The number of likely N-dealkylation sites (tertiary alicyclic amines) is 1. The van der Waals surface area contributed by atoms with Crippen LogP contribution >= 0.6 is 0 Å². The van der Waals surface area contributed by atoms with Gasteiger partial charge in [-0.15, -0.1) is 0 Å². The maximum atomic E-state index is 12.1. The van der Waals surface area contributed by atoms with Gasteiger partial charge in [0.05, 0.1) is 0 Å². The Morgan fingerprint density at radius 2 is 1.77 bits per heavy atom. The van der Waals surface area contributed by atoms with Gasteiger partial charge in [0.1, 0.15) is 5.60 Å². The van der Waals surface area contributed by atoms with Crippen molar-refractivity contribution in [3.05, 3.63) is 0 Å². The van der Waals surface area contributed by atoms with Crippen molar-refractivity contribution < 1.29 is 9.53 Å². The molecule has 0 aromatic rings. The Bertz CT molecular complexity index is 353. The van der Waals surface area contributed by atoms with E-state index in [2.05, 4.69) is 17.3 Å². The number of piperidine rings is 2. The van der Waals surface area contributed by atoms with Crippen molar-refractivity contribution in [3.8, 4) is 0 Å². The average molecular weight is 311 g/mol. The molecule has 2 fully saturated rings. The minimum absolute atomic E-state index is 0.160. The summed E-state index contributed by atoms with van der Waals surface area (Å²) in [5, 5.41) is 3.43.